The Hall–Kier alpha value is -0.220. The molecular formula is C16H32N2OS. The van der Waals surface area contributed by atoms with Gasteiger partial charge in [0.2, 0.25) is 5.91 Å². The summed E-state index contributed by atoms with van der Waals surface area (Å²) in [7, 11) is 0. The number of hydrogen-bond acceptors (Lipinski definition) is 3. The lowest BCUT2D eigenvalue weighted by molar-refractivity contribution is -0.130. The molecular weight excluding hydrogens is 268 g/mol. The zero-order chi connectivity index (χ0) is 15.0. The molecule has 4 heteroatoms. The molecule has 0 bridgehead atoms. The van der Waals surface area contributed by atoms with Crippen LogP contribution >= 0.6 is 11.8 Å². The van der Waals surface area contributed by atoms with Gasteiger partial charge in [-0.05, 0) is 43.6 Å². The molecule has 118 valence electrons. The Morgan fingerprint density at radius 2 is 2.05 bits per heavy atom. The summed E-state index contributed by atoms with van der Waals surface area (Å²) in [6, 6.07) is 0.0648. The standard InChI is InChI=1S/C16H32N2OS/c1-5-9-14-16(19)18(10-7-6-8-11-20-4)15(17-14)12-13(2)3/h13-15,17H,5-12H2,1-4H3. The van der Waals surface area contributed by atoms with Gasteiger partial charge in [-0.3, -0.25) is 10.1 Å². The normalized spacial score (nSPS) is 23.1. The summed E-state index contributed by atoms with van der Waals surface area (Å²) in [6.07, 6.45) is 9.16. The Bertz CT molecular complexity index is 284. The first-order chi connectivity index (χ1) is 9.60. The molecule has 0 spiro atoms. The summed E-state index contributed by atoms with van der Waals surface area (Å²) in [4.78, 5) is 14.6. The maximum atomic E-state index is 12.5. The third-order valence-electron chi connectivity index (χ3n) is 3.87. The van der Waals surface area contributed by atoms with Gasteiger partial charge in [0.15, 0.2) is 0 Å². The largest absolute Gasteiger partial charge is 0.326 e. The van der Waals surface area contributed by atoms with Gasteiger partial charge >= 0.3 is 0 Å². The Kier molecular flexibility index (Phi) is 8.62. The topological polar surface area (TPSA) is 32.3 Å². The molecule has 0 saturated carbocycles. The van der Waals surface area contributed by atoms with Gasteiger partial charge in [0.1, 0.15) is 0 Å². The number of thioether (sulfide) groups is 1. The van der Waals surface area contributed by atoms with Gasteiger partial charge in [-0.2, -0.15) is 11.8 Å². The number of rotatable bonds is 10. The molecule has 0 aromatic rings. The van der Waals surface area contributed by atoms with Crippen molar-refractivity contribution in [3.63, 3.8) is 0 Å². The van der Waals surface area contributed by atoms with Crippen molar-refractivity contribution in [3.05, 3.63) is 0 Å². The van der Waals surface area contributed by atoms with Crippen molar-refractivity contribution in [2.24, 2.45) is 5.92 Å². The molecule has 20 heavy (non-hydrogen) atoms. The van der Waals surface area contributed by atoms with Gasteiger partial charge in [0, 0.05) is 6.54 Å². The number of nitrogens with one attached hydrogen (secondary N) is 1. The fourth-order valence-corrected chi connectivity index (χ4v) is 3.35. The SMILES string of the molecule is CCCC1NC(CC(C)C)N(CCCCCSC)C1=O. The maximum Gasteiger partial charge on any atom is 0.241 e. The van der Waals surface area contributed by atoms with Crippen LogP contribution in [0, 0.1) is 5.92 Å². The van der Waals surface area contributed by atoms with Crippen LogP contribution in [-0.2, 0) is 4.79 Å². The molecule has 0 radical (unpaired) electrons. The second-order valence-electron chi connectivity index (χ2n) is 6.24. The number of carbonyl (C=O) groups excluding carboxylic acids is 1. The second-order valence-corrected chi connectivity index (χ2v) is 7.22. The van der Waals surface area contributed by atoms with Gasteiger partial charge < -0.3 is 4.90 Å². The average Bonchev–Trinajstić information content (AvgIpc) is 2.66. The van der Waals surface area contributed by atoms with E-state index in [1.54, 1.807) is 0 Å². The fourth-order valence-electron chi connectivity index (χ4n) is 2.86. The smallest absolute Gasteiger partial charge is 0.241 e. The van der Waals surface area contributed by atoms with E-state index < -0.39 is 0 Å². The lowest BCUT2D eigenvalue weighted by Gasteiger charge is -2.25. The quantitative estimate of drug-likeness (QED) is 0.627. The monoisotopic (exact) mass is 300 g/mol. The summed E-state index contributed by atoms with van der Waals surface area (Å²) < 4.78 is 0. The molecule has 0 aromatic carbocycles. The Morgan fingerprint density at radius 1 is 1.30 bits per heavy atom. The van der Waals surface area contributed by atoms with E-state index in [-0.39, 0.29) is 12.2 Å². The van der Waals surface area contributed by atoms with Crippen LogP contribution in [0.5, 0.6) is 0 Å². The van der Waals surface area contributed by atoms with Crippen molar-refractivity contribution in [1.29, 1.82) is 0 Å². The lowest BCUT2D eigenvalue weighted by atomic mass is 10.1. The number of carbonyl (C=O) groups is 1. The van der Waals surface area contributed by atoms with Gasteiger partial charge in [-0.15, -0.1) is 0 Å². The van der Waals surface area contributed by atoms with Gasteiger partial charge in [0.25, 0.3) is 0 Å². The summed E-state index contributed by atoms with van der Waals surface area (Å²) in [6.45, 7) is 7.54. The maximum absolute atomic E-state index is 12.5. The first-order valence-corrected chi connectivity index (χ1v) is 9.55. The Labute approximate surface area is 129 Å². The molecule has 1 aliphatic rings. The van der Waals surface area contributed by atoms with E-state index in [1.165, 1.54) is 18.6 Å². The summed E-state index contributed by atoms with van der Waals surface area (Å²) in [5, 5.41) is 3.55. The van der Waals surface area contributed by atoms with E-state index in [0.29, 0.717) is 11.8 Å². The highest BCUT2D eigenvalue weighted by Gasteiger charge is 2.37. The number of amides is 1. The van der Waals surface area contributed by atoms with Crippen LogP contribution < -0.4 is 5.32 Å². The lowest BCUT2D eigenvalue weighted by Crippen LogP contribution is -2.39. The minimum atomic E-state index is 0.0648. The van der Waals surface area contributed by atoms with Crippen LogP contribution in [0.25, 0.3) is 0 Å². The molecule has 1 rings (SSSR count). The molecule has 1 heterocycles. The molecule has 2 atom stereocenters. The molecule has 2 unspecified atom stereocenters. The Balaban J connectivity index is 2.46. The van der Waals surface area contributed by atoms with Crippen LogP contribution in [0.15, 0.2) is 0 Å². The fraction of sp³-hybridized carbons (Fsp3) is 0.938. The molecule has 1 N–H and O–H groups in total. The molecule has 1 fully saturated rings. The van der Waals surface area contributed by atoms with Crippen molar-refractivity contribution in [1.82, 2.24) is 10.2 Å². The van der Waals surface area contributed by atoms with Gasteiger partial charge in [0.05, 0.1) is 12.2 Å². The van der Waals surface area contributed by atoms with E-state index in [0.717, 1.165) is 32.2 Å². The van der Waals surface area contributed by atoms with Gasteiger partial charge in [-0.1, -0.05) is 33.6 Å². The molecule has 0 aromatic heterocycles. The van der Waals surface area contributed by atoms with E-state index in [9.17, 15) is 4.79 Å². The molecule has 1 saturated heterocycles. The summed E-state index contributed by atoms with van der Waals surface area (Å²) >= 11 is 1.91. The zero-order valence-electron chi connectivity index (χ0n) is 13.7. The first kappa shape index (κ1) is 17.8. The zero-order valence-corrected chi connectivity index (χ0v) is 14.5. The van der Waals surface area contributed by atoms with Crippen LogP contribution in [0.4, 0.5) is 0 Å². The predicted molar refractivity (Wildman–Crippen MR) is 89.0 cm³/mol. The molecule has 0 aliphatic carbocycles. The van der Waals surface area contributed by atoms with Gasteiger partial charge in [-0.25, -0.2) is 0 Å². The van der Waals surface area contributed by atoms with Crippen molar-refractivity contribution in [3.8, 4) is 0 Å². The minimum Gasteiger partial charge on any atom is -0.326 e. The highest BCUT2D eigenvalue weighted by molar-refractivity contribution is 7.98. The summed E-state index contributed by atoms with van der Waals surface area (Å²) in [5.41, 5.74) is 0. The van der Waals surface area contributed by atoms with E-state index in [1.807, 2.05) is 11.8 Å². The summed E-state index contributed by atoms with van der Waals surface area (Å²) in [5.74, 6) is 2.20. The van der Waals surface area contributed by atoms with Crippen LogP contribution in [0.3, 0.4) is 0 Å². The van der Waals surface area contributed by atoms with E-state index in [4.69, 9.17) is 0 Å². The number of hydrogen-bond donors (Lipinski definition) is 1. The minimum absolute atomic E-state index is 0.0648. The number of nitrogens with zero attached hydrogens (tertiary/aromatic N) is 1. The third kappa shape index (κ3) is 5.65. The third-order valence-corrected chi connectivity index (χ3v) is 4.57. The van der Waals surface area contributed by atoms with Crippen LogP contribution in [0.2, 0.25) is 0 Å². The Morgan fingerprint density at radius 3 is 2.65 bits per heavy atom. The van der Waals surface area contributed by atoms with Crippen molar-refractivity contribution in [2.45, 2.75) is 71.5 Å². The van der Waals surface area contributed by atoms with Crippen molar-refractivity contribution >= 4 is 17.7 Å². The van der Waals surface area contributed by atoms with Crippen LogP contribution in [0.1, 0.15) is 59.3 Å². The second kappa shape index (κ2) is 9.67. The highest BCUT2D eigenvalue weighted by Crippen LogP contribution is 2.20. The number of unbranched alkanes of at least 4 members (excludes halogenated alkanes) is 2. The molecule has 3 nitrogen and oxygen atoms in total. The molecule has 1 aliphatic heterocycles. The van der Waals surface area contributed by atoms with Crippen LogP contribution in [-0.4, -0.2) is 41.6 Å². The van der Waals surface area contributed by atoms with Crippen molar-refractivity contribution in [2.75, 3.05) is 18.6 Å². The van der Waals surface area contributed by atoms with E-state index >= 15 is 0 Å². The highest BCUT2D eigenvalue weighted by atomic mass is 32.2. The van der Waals surface area contributed by atoms with E-state index in [2.05, 4.69) is 37.2 Å². The predicted octanol–water partition coefficient (Wildman–Crippen LogP) is 3.49. The van der Waals surface area contributed by atoms with Crippen molar-refractivity contribution < 1.29 is 4.79 Å². The molecule has 1 amide bonds. The first-order valence-electron chi connectivity index (χ1n) is 8.15. The average molecular weight is 301 g/mol.